The Balaban J connectivity index is 3.42. The van der Waals surface area contributed by atoms with Crippen LogP contribution in [0.25, 0.3) is 0 Å². The van der Waals surface area contributed by atoms with Gasteiger partial charge in [0.2, 0.25) is 0 Å². The molecule has 0 saturated carbocycles. The average molecular weight is 188 g/mol. The van der Waals surface area contributed by atoms with Gasteiger partial charge in [-0.3, -0.25) is 5.41 Å². The van der Waals surface area contributed by atoms with E-state index in [-0.39, 0.29) is 11.9 Å². The molecule has 0 spiro atoms. The topological polar surface area (TPSA) is 68.3 Å². The standard InChI is InChI=1S/C9H20N2O2/c1-3-8(7-9(10)11)13-6-5-12-4-2/h8H,3-7H2,1-2H3,(H3,10,11). The van der Waals surface area contributed by atoms with Crippen molar-refractivity contribution in [1.82, 2.24) is 0 Å². The van der Waals surface area contributed by atoms with Crippen LogP contribution in [-0.4, -0.2) is 31.8 Å². The average Bonchev–Trinajstić information content (AvgIpc) is 2.09. The van der Waals surface area contributed by atoms with Crippen LogP contribution >= 0.6 is 0 Å². The zero-order valence-corrected chi connectivity index (χ0v) is 8.51. The fraction of sp³-hybridized carbons (Fsp3) is 0.889. The van der Waals surface area contributed by atoms with Crippen molar-refractivity contribution in [2.45, 2.75) is 32.8 Å². The first kappa shape index (κ1) is 12.4. The maximum atomic E-state index is 7.11. The zero-order chi connectivity index (χ0) is 10.1. The molecule has 4 nitrogen and oxygen atoms in total. The molecule has 0 aliphatic carbocycles. The number of rotatable bonds is 8. The Labute approximate surface area is 79.9 Å². The molecule has 1 unspecified atom stereocenters. The third-order valence-corrected chi connectivity index (χ3v) is 1.69. The van der Waals surface area contributed by atoms with E-state index in [1.165, 1.54) is 0 Å². The van der Waals surface area contributed by atoms with E-state index in [4.69, 9.17) is 20.6 Å². The fourth-order valence-corrected chi connectivity index (χ4v) is 0.984. The highest BCUT2D eigenvalue weighted by molar-refractivity contribution is 5.77. The Kier molecular flexibility index (Phi) is 7.63. The molecule has 0 heterocycles. The van der Waals surface area contributed by atoms with Crippen molar-refractivity contribution in [3.8, 4) is 0 Å². The molecule has 0 aliphatic rings. The summed E-state index contributed by atoms with van der Waals surface area (Å²) in [6, 6.07) is 0. The van der Waals surface area contributed by atoms with Gasteiger partial charge in [-0.15, -0.1) is 0 Å². The number of hydrogen-bond donors (Lipinski definition) is 2. The molecule has 0 radical (unpaired) electrons. The molecule has 0 amide bonds. The molecular weight excluding hydrogens is 168 g/mol. The highest BCUT2D eigenvalue weighted by Crippen LogP contribution is 2.02. The lowest BCUT2D eigenvalue weighted by Crippen LogP contribution is -2.23. The van der Waals surface area contributed by atoms with E-state index >= 15 is 0 Å². The van der Waals surface area contributed by atoms with Gasteiger partial charge in [0.1, 0.15) is 0 Å². The second-order valence-electron chi connectivity index (χ2n) is 2.83. The zero-order valence-electron chi connectivity index (χ0n) is 8.51. The van der Waals surface area contributed by atoms with Crippen molar-refractivity contribution in [1.29, 1.82) is 5.41 Å². The van der Waals surface area contributed by atoms with Crippen LogP contribution in [0, 0.1) is 5.41 Å². The van der Waals surface area contributed by atoms with Gasteiger partial charge < -0.3 is 15.2 Å². The van der Waals surface area contributed by atoms with Crippen molar-refractivity contribution in [2.75, 3.05) is 19.8 Å². The Morgan fingerprint density at radius 3 is 2.54 bits per heavy atom. The van der Waals surface area contributed by atoms with E-state index in [2.05, 4.69) is 0 Å². The maximum Gasteiger partial charge on any atom is 0.0931 e. The van der Waals surface area contributed by atoms with E-state index in [0.29, 0.717) is 26.2 Å². The molecule has 0 rings (SSSR count). The van der Waals surface area contributed by atoms with Crippen molar-refractivity contribution in [3.05, 3.63) is 0 Å². The van der Waals surface area contributed by atoms with Gasteiger partial charge in [-0.2, -0.15) is 0 Å². The molecule has 78 valence electrons. The van der Waals surface area contributed by atoms with E-state index in [1.54, 1.807) is 0 Å². The highest BCUT2D eigenvalue weighted by atomic mass is 16.5. The molecule has 4 heteroatoms. The van der Waals surface area contributed by atoms with E-state index < -0.39 is 0 Å². The van der Waals surface area contributed by atoms with E-state index in [9.17, 15) is 0 Å². The first-order valence-electron chi connectivity index (χ1n) is 4.72. The Bertz CT molecular complexity index is 140. The number of nitrogens with two attached hydrogens (primary N) is 1. The van der Waals surface area contributed by atoms with Crippen LogP contribution in [0.3, 0.4) is 0 Å². The second-order valence-corrected chi connectivity index (χ2v) is 2.83. The van der Waals surface area contributed by atoms with Crippen molar-refractivity contribution >= 4 is 5.84 Å². The summed E-state index contributed by atoms with van der Waals surface area (Å²) >= 11 is 0. The van der Waals surface area contributed by atoms with Crippen LogP contribution < -0.4 is 5.73 Å². The van der Waals surface area contributed by atoms with Crippen LogP contribution in [0.1, 0.15) is 26.7 Å². The summed E-state index contributed by atoms with van der Waals surface area (Å²) in [5.74, 6) is 0.184. The minimum Gasteiger partial charge on any atom is -0.388 e. The summed E-state index contributed by atoms with van der Waals surface area (Å²) in [6.07, 6.45) is 1.46. The molecule has 0 bridgehead atoms. The van der Waals surface area contributed by atoms with Crippen LogP contribution in [0.4, 0.5) is 0 Å². The van der Waals surface area contributed by atoms with Crippen molar-refractivity contribution in [3.63, 3.8) is 0 Å². The van der Waals surface area contributed by atoms with Gasteiger partial charge in [-0.25, -0.2) is 0 Å². The molecule has 0 aliphatic heterocycles. The largest absolute Gasteiger partial charge is 0.388 e. The first-order valence-corrected chi connectivity index (χ1v) is 4.72. The number of amidine groups is 1. The Morgan fingerprint density at radius 2 is 2.08 bits per heavy atom. The van der Waals surface area contributed by atoms with E-state index in [1.807, 2.05) is 13.8 Å². The molecular formula is C9H20N2O2. The molecule has 0 aromatic carbocycles. The summed E-state index contributed by atoms with van der Waals surface area (Å²) in [4.78, 5) is 0. The molecule has 3 N–H and O–H groups in total. The second kappa shape index (κ2) is 8.01. The van der Waals surface area contributed by atoms with Gasteiger partial charge in [0.05, 0.1) is 25.2 Å². The summed E-state index contributed by atoms with van der Waals surface area (Å²) in [7, 11) is 0. The molecule has 0 fully saturated rings. The predicted octanol–water partition coefficient (Wildman–Crippen LogP) is 1.14. The quantitative estimate of drug-likeness (QED) is 0.341. The first-order chi connectivity index (χ1) is 6.20. The third kappa shape index (κ3) is 7.74. The minimum atomic E-state index is 0.0676. The lowest BCUT2D eigenvalue weighted by molar-refractivity contribution is 0.00907. The van der Waals surface area contributed by atoms with Crippen LogP contribution in [0.2, 0.25) is 0 Å². The predicted molar refractivity (Wildman–Crippen MR) is 53.1 cm³/mol. The van der Waals surface area contributed by atoms with Gasteiger partial charge in [-0.1, -0.05) is 6.92 Å². The summed E-state index contributed by atoms with van der Waals surface area (Å²) in [6.45, 7) is 5.89. The molecule has 1 atom stereocenters. The highest BCUT2D eigenvalue weighted by Gasteiger charge is 2.07. The smallest absolute Gasteiger partial charge is 0.0931 e. The van der Waals surface area contributed by atoms with Crippen LogP contribution in [0.5, 0.6) is 0 Å². The van der Waals surface area contributed by atoms with Crippen LogP contribution in [0.15, 0.2) is 0 Å². The van der Waals surface area contributed by atoms with Gasteiger partial charge in [0, 0.05) is 13.0 Å². The fourth-order valence-electron chi connectivity index (χ4n) is 0.984. The molecule has 0 aromatic heterocycles. The third-order valence-electron chi connectivity index (χ3n) is 1.69. The van der Waals surface area contributed by atoms with Crippen molar-refractivity contribution in [2.24, 2.45) is 5.73 Å². The van der Waals surface area contributed by atoms with E-state index in [0.717, 1.165) is 6.42 Å². The maximum absolute atomic E-state index is 7.11. The SMILES string of the molecule is CCOCCOC(CC)CC(=N)N. The minimum absolute atomic E-state index is 0.0676. The molecule has 13 heavy (non-hydrogen) atoms. The van der Waals surface area contributed by atoms with Crippen LogP contribution in [-0.2, 0) is 9.47 Å². The summed E-state index contributed by atoms with van der Waals surface area (Å²) in [5, 5.41) is 7.11. The number of ether oxygens (including phenoxy) is 2. The molecule has 0 aromatic rings. The van der Waals surface area contributed by atoms with Gasteiger partial charge in [-0.05, 0) is 13.3 Å². The molecule has 0 saturated heterocycles. The Hall–Kier alpha value is -0.610. The lowest BCUT2D eigenvalue weighted by Gasteiger charge is -2.14. The van der Waals surface area contributed by atoms with Gasteiger partial charge in [0.15, 0.2) is 0 Å². The van der Waals surface area contributed by atoms with Gasteiger partial charge >= 0.3 is 0 Å². The number of nitrogens with one attached hydrogen (secondary N) is 1. The Morgan fingerprint density at radius 1 is 1.38 bits per heavy atom. The van der Waals surface area contributed by atoms with Gasteiger partial charge in [0.25, 0.3) is 0 Å². The monoisotopic (exact) mass is 188 g/mol. The normalized spacial score (nSPS) is 12.8. The number of hydrogen-bond acceptors (Lipinski definition) is 3. The lowest BCUT2D eigenvalue weighted by atomic mass is 10.2. The summed E-state index contributed by atoms with van der Waals surface area (Å²) < 4.78 is 10.6. The summed E-state index contributed by atoms with van der Waals surface area (Å²) in [5.41, 5.74) is 5.27. The van der Waals surface area contributed by atoms with Crippen molar-refractivity contribution < 1.29 is 9.47 Å².